The van der Waals surface area contributed by atoms with Crippen LogP contribution in [0.15, 0.2) is 12.4 Å². The number of nitrogens with one attached hydrogen (secondary N) is 1. The minimum Gasteiger partial charge on any atom is -0.198 e. The van der Waals surface area contributed by atoms with Gasteiger partial charge in [0.1, 0.15) is 0 Å². The molecule has 1 heterocycles. The lowest BCUT2D eigenvalue weighted by atomic mass is 10.4. The monoisotopic (exact) mass is 271 g/mol. The molecule has 0 spiro atoms. The Morgan fingerprint density at radius 1 is 0.778 bits per heavy atom. The molecule has 4 heteroatoms. The molecule has 0 aliphatic heterocycles. The van der Waals surface area contributed by atoms with Gasteiger partial charge in [0.2, 0.25) is 0 Å². The van der Waals surface area contributed by atoms with Crippen molar-refractivity contribution in [2.24, 2.45) is 0 Å². The minimum atomic E-state index is 0.422. The molecule has 0 unspecified atom stereocenters. The van der Waals surface area contributed by atoms with Crippen LogP contribution in [-0.4, -0.2) is 33.9 Å². The van der Waals surface area contributed by atoms with E-state index < -0.39 is 0 Å². The predicted molar refractivity (Wildman–Crippen MR) is 82.6 cm³/mol. The molecule has 0 aliphatic rings. The number of hydrogen-bond donors (Lipinski definition) is 1. The van der Waals surface area contributed by atoms with Gasteiger partial charge in [0.15, 0.2) is 0 Å². The van der Waals surface area contributed by atoms with Crippen molar-refractivity contribution < 1.29 is 0 Å². The Morgan fingerprint density at radius 3 is 1.39 bits per heavy atom. The Bertz CT molecular complexity index is 191. The van der Waals surface area contributed by atoms with E-state index in [4.69, 9.17) is 0 Å². The molecule has 0 aliphatic carbocycles. The van der Waals surface area contributed by atoms with E-state index in [-0.39, 0.29) is 0 Å². The third kappa shape index (κ3) is 12.0. The second-order valence-corrected chi connectivity index (χ2v) is 7.24. The number of rotatable bonds is 9. The zero-order chi connectivity index (χ0) is 13.5. The van der Waals surface area contributed by atoms with Gasteiger partial charge in [-0.3, -0.25) is 0 Å². The van der Waals surface area contributed by atoms with Gasteiger partial charge in [-0.1, -0.05) is 40.0 Å². The summed E-state index contributed by atoms with van der Waals surface area (Å²) in [5.74, 6) is 0. The number of unbranched alkanes of at least 4 members (excludes halogenated alkanes) is 3. The van der Waals surface area contributed by atoms with Gasteiger partial charge in [-0.25, -0.2) is 0 Å². The Morgan fingerprint density at radius 2 is 1.17 bits per heavy atom. The molecule has 0 saturated carbocycles. The molecule has 0 amide bonds. The van der Waals surface area contributed by atoms with Crippen molar-refractivity contribution in [1.29, 1.82) is 0 Å². The highest BCUT2D eigenvalue weighted by Crippen LogP contribution is 2.38. The van der Waals surface area contributed by atoms with E-state index in [1.54, 1.807) is 30.9 Å². The summed E-state index contributed by atoms with van der Waals surface area (Å²) in [4.78, 5) is 0. The first-order chi connectivity index (χ1) is 8.85. The summed E-state index contributed by atoms with van der Waals surface area (Å²) in [7, 11) is 0.422. The maximum absolute atomic E-state index is 3.49. The van der Waals surface area contributed by atoms with Crippen molar-refractivity contribution in [2.75, 3.05) is 18.5 Å². The largest absolute Gasteiger partial charge is 0.198 e. The van der Waals surface area contributed by atoms with Crippen LogP contribution in [0, 0.1) is 0 Å². The van der Waals surface area contributed by atoms with E-state index in [1.165, 1.54) is 38.5 Å². The summed E-state index contributed by atoms with van der Waals surface area (Å²) in [5.41, 5.74) is 0. The maximum Gasteiger partial charge on any atom is 0.0690 e. The molecular formula is C14H30N3P. The first-order valence-electron chi connectivity index (χ1n) is 7.37. The van der Waals surface area contributed by atoms with E-state index in [9.17, 15) is 0 Å². The molecule has 0 aromatic carbocycles. The lowest BCUT2D eigenvalue weighted by Gasteiger charge is -2.16. The quantitative estimate of drug-likeness (QED) is 0.663. The molecule has 0 fully saturated rings. The second-order valence-electron chi connectivity index (χ2n) is 4.56. The van der Waals surface area contributed by atoms with Crippen LogP contribution in [0.2, 0.25) is 0 Å². The van der Waals surface area contributed by atoms with E-state index >= 15 is 0 Å². The van der Waals surface area contributed by atoms with Crippen LogP contribution < -0.4 is 0 Å². The summed E-state index contributed by atoms with van der Waals surface area (Å²) in [6, 6.07) is 0. The summed E-state index contributed by atoms with van der Waals surface area (Å²) in [5, 5.41) is 9.33. The Kier molecular flexibility index (Phi) is 14.3. The average molecular weight is 271 g/mol. The fraction of sp³-hybridized carbons (Fsp3) is 0.857. The lowest BCUT2D eigenvalue weighted by molar-refractivity contribution is 0.847. The van der Waals surface area contributed by atoms with Crippen molar-refractivity contribution in [3.8, 4) is 0 Å². The second kappa shape index (κ2) is 14.6. The summed E-state index contributed by atoms with van der Waals surface area (Å²) in [6.45, 7) is 6.94. The number of aromatic amines is 1. The van der Waals surface area contributed by atoms with Crippen LogP contribution in [0.5, 0.6) is 0 Å². The Balaban J connectivity index is 0.000000473. The lowest BCUT2D eigenvalue weighted by Crippen LogP contribution is -1.95. The first kappa shape index (κ1) is 17.6. The van der Waals surface area contributed by atoms with Gasteiger partial charge in [-0.05, 0) is 37.7 Å². The molecule has 0 saturated heterocycles. The van der Waals surface area contributed by atoms with Crippen LogP contribution in [0.25, 0.3) is 0 Å². The predicted octanol–water partition coefficient (Wildman–Crippen LogP) is 4.67. The standard InChI is InChI=1S/C12H27P.C2H3N3/c1-4-7-10-13(11-8-5-2)12-9-6-3;1-2-4-5-3-1/h4-12H2,1-3H3;1-2H,(H,3,4,5). The van der Waals surface area contributed by atoms with Crippen LogP contribution in [0.1, 0.15) is 59.3 Å². The summed E-state index contributed by atoms with van der Waals surface area (Å²) in [6.07, 6.45) is 16.4. The number of hydrogen-bond acceptors (Lipinski definition) is 2. The van der Waals surface area contributed by atoms with Crippen molar-refractivity contribution in [3.05, 3.63) is 12.4 Å². The zero-order valence-electron chi connectivity index (χ0n) is 12.4. The van der Waals surface area contributed by atoms with Crippen LogP contribution in [0.4, 0.5) is 0 Å². The topological polar surface area (TPSA) is 41.6 Å². The highest BCUT2D eigenvalue weighted by molar-refractivity contribution is 7.57. The molecule has 3 nitrogen and oxygen atoms in total. The third-order valence-corrected chi connectivity index (χ3v) is 5.66. The molecule has 1 N–H and O–H groups in total. The molecule has 18 heavy (non-hydrogen) atoms. The van der Waals surface area contributed by atoms with Crippen LogP contribution >= 0.6 is 7.92 Å². The molecule has 1 rings (SSSR count). The van der Waals surface area contributed by atoms with Crippen molar-refractivity contribution in [2.45, 2.75) is 59.3 Å². The minimum absolute atomic E-state index is 0.422. The molecule has 0 atom stereocenters. The molecular weight excluding hydrogens is 241 g/mol. The van der Waals surface area contributed by atoms with E-state index in [1.807, 2.05) is 0 Å². The third-order valence-electron chi connectivity index (χ3n) is 2.81. The number of H-pyrrole nitrogens is 1. The zero-order valence-corrected chi connectivity index (χ0v) is 13.3. The van der Waals surface area contributed by atoms with Gasteiger partial charge < -0.3 is 0 Å². The summed E-state index contributed by atoms with van der Waals surface area (Å²) < 4.78 is 0. The molecule has 0 bridgehead atoms. The Hall–Kier alpha value is -0.430. The van der Waals surface area contributed by atoms with Gasteiger partial charge in [0.05, 0.1) is 12.4 Å². The number of aromatic nitrogens is 3. The highest BCUT2D eigenvalue weighted by Gasteiger charge is 2.05. The van der Waals surface area contributed by atoms with Gasteiger partial charge in [0, 0.05) is 0 Å². The van der Waals surface area contributed by atoms with E-state index in [2.05, 4.69) is 36.2 Å². The molecule has 1 aromatic heterocycles. The van der Waals surface area contributed by atoms with Gasteiger partial charge in [-0.2, -0.15) is 15.4 Å². The maximum atomic E-state index is 3.49. The fourth-order valence-electron chi connectivity index (χ4n) is 1.65. The van der Waals surface area contributed by atoms with E-state index in [0.717, 1.165) is 0 Å². The smallest absolute Gasteiger partial charge is 0.0690 e. The van der Waals surface area contributed by atoms with Crippen LogP contribution in [0.3, 0.4) is 0 Å². The van der Waals surface area contributed by atoms with Crippen molar-refractivity contribution >= 4 is 7.92 Å². The average Bonchev–Trinajstić information content (AvgIpc) is 2.97. The van der Waals surface area contributed by atoms with Crippen LogP contribution in [-0.2, 0) is 0 Å². The highest BCUT2D eigenvalue weighted by atomic mass is 31.1. The van der Waals surface area contributed by atoms with Gasteiger partial charge in [0.25, 0.3) is 0 Å². The van der Waals surface area contributed by atoms with Gasteiger partial charge in [-0.15, -0.1) is 7.92 Å². The molecule has 0 radical (unpaired) electrons. The van der Waals surface area contributed by atoms with Crippen molar-refractivity contribution in [3.63, 3.8) is 0 Å². The number of nitrogens with zero attached hydrogens (tertiary/aromatic N) is 2. The first-order valence-corrected chi connectivity index (χ1v) is 9.26. The SMILES string of the molecule is CCCCP(CCCC)CCCC.c1cn[nH]n1. The van der Waals surface area contributed by atoms with Gasteiger partial charge >= 0.3 is 0 Å². The van der Waals surface area contributed by atoms with Crippen molar-refractivity contribution in [1.82, 2.24) is 15.4 Å². The molecule has 106 valence electrons. The normalized spacial score (nSPS) is 10.2. The summed E-state index contributed by atoms with van der Waals surface area (Å²) >= 11 is 0. The van der Waals surface area contributed by atoms with E-state index in [0.29, 0.717) is 7.92 Å². The Labute approximate surface area is 114 Å². The fourth-order valence-corrected chi connectivity index (χ4v) is 4.61. The molecule has 1 aromatic rings.